The van der Waals surface area contributed by atoms with Crippen molar-refractivity contribution >= 4 is 23.6 Å². The van der Waals surface area contributed by atoms with Crippen molar-refractivity contribution in [2.75, 3.05) is 13.6 Å². The van der Waals surface area contributed by atoms with Crippen LogP contribution in [0, 0.1) is 5.92 Å². The lowest BCUT2D eigenvalue weighted by Gasteiger charge is -2.31. The van der Waals surface area contributed by atoms with Crippen molar-refractivity contribution < 1.29 is 19.2 Å². The minimum Gasteiger partial charge on any atom is -0.368 e. The van der Waals surface area contributed by atoms with Gasteiger partial charge in [0.1, 0.15) is 23.8 Å². The lowest BCUT2D eigenvalue weighted by atomic mass is 10.0. The molecule has 1 fully saturated rings. The number of hydrogen-bond acceptors (Lipinski definition) is 8. The number of amides is 4. The van der Waals surface area contributed by atoms with Crippen molar-refractivity contribution in [3.8, 4) is 11.4 Å². The summed E-state index contributed by atoms with van der Waals surface area (Å²) >= 11 is 0. The number of benzene rings is 1. The molecule has 1 saturated heterocycles. The van der Waals surface area contributed by atoms with Crippen LogP contribution in [0.3, 0.4) is 0 Å². The Labute approximate surface area is 250 Å². The maximum atomic E-state index is 14.0. The molecule has 3 aromatic rings. The Morgan fingerprint density at radius 3 is 2.35 bits per heavy atom. The third-order valence-electron chi connectivity index (χ3n) is 7.68. The van der Waals surface area contributed by atoms with Gasteiger partial charge in [0.15, 0.2) is 0 Å². The van der Waals surface area contributed by atoms with E-state index in [4.69, 9.17) is 5.73 Å². The molecule has 5 atom stereocenters. The summed E-state index contributed by atoms with van der Waals surface area (Å²) in [6.07, 6.45) is 3.80. The quantitative estimate of drug-likeness (QED) is 0.235. The molecule has 0 radical (unpaired) electrons. The Balaban J connectivity index is 1.61. The number of nitrogens with two attached hydrogens (primary N) is 1. The first-order valence-electron chi connectivity index (χ1n) is 14.3. The largest absolute Gasteiger partial charge is 0.368 e. The normalized spacial score (nSPS) is 18.6. The number of likely N-dealkylation sites (tertiary alicyclic amines) is 1. The highest BCUT2D eigenvalue weighted by atomic mass is 16.2. The molecule has 0 bridgehead atoms. The molecule has 4 rings (SSSR count). The first-order valence-corrected chi connectivity index (χ1v) is 14.3. The molecule has 2 aromatic heterocycles. The van der Waals surface area contributed by atoms with E-state index in [1.807, 2.05) is 56.3 Å². The number of carbonyl (C=O) groups excluding carboxylic acids is 4. The van der Waals surface area contributed by atoms with Crippen LogP contribution in [-0.4, -0.2) is 86.3 Å². The molecule has 3 heterocycles. The Bertz CT molecular complexity index is 1410. The number of nitrogens with one attached hydrogen (secondary N) is 3. The van der Waals surface area contributed by atoms with Crippen LogP contribution < -0.4 is 21.7 Å². The van der Waals surface area contributed by atoms with Crippen molar-refractivity contribution in [1.82, 2.24) is 40.8 Å². The van der Waals surface area contributed by atoms with Crippen LogP contribution in [0.4, 0.5) is 0 Å². The molecule has 5 N–H and O–H groups in total. The zero-order valence-electron chi connectivity index (χ0n) is 24.8. The second-order valence-corrected chi connectivity index (χ2v) is 11.1. The maximum absolute atomic E-state index is 14.0. The van der Waals surface area contributed by atoms with Gasteiger partial charge in [0.05, 0.1) is 24.0 Å². The third-order valence-corrected chi connectivity index (χ3v) is 7.68. The van der Waals surface area contributed by atoms with Gasteiger partial charge >= 0.3 is 0 Å². The average Bonchev–Trinajstić information content (AvgIpc) is 3.68. The highest BCUT2D eigenvalue weighted by Gasteiger charge is 2.44. The van der Waals surface area contributed by atoms with Gasteiger partial charge in [0.2, 0.25) is 23.6 Å². The SMILES string of the molecule is CN[C@@H](C)C(=O)N[C@H](C(=O)N1C[C@@H](n2cc(-c3ccccn3)nn2)C[C@H]1C(=O)N[C@@H](Cc1ccccc1)C(N)=O)C(C)C. The zero-order valence-corrected chi connectivity index (χ0v) is 24.8. The molecule has 0 aliphatic carbocycles. The molecule has 1 aromatic carbocycles. The van der Waals surface area contributed by atoms with Crippen LogP contribution >= 0.6 is 0 Å². The molecule has 0 saturated carbocycles. The third kappa shape index (κ3) is 7.60. The summed E-state index contributed by atoms with van der Waals surface area (Å²) in [5, 5.41) is 17.0. The second kappa shape index (κ2) is 14.0. The van der Waals surface area contributed by atoms with Crippen LogP contribution in [0.5, 0.6) is 0 Å². The number of carbonyl (C=O) groups is 4. The fourth-order valence-corrected chi connectivity index (χ4v) is 5.03. The highest BCUT2D eigenvalue weighted by molar-refractivity contribution is 5.95. The number of primary amides is 1. The van der Waals surface area contributed by atoms with E-state index in [0.717, 1.165) is 5.56 Å². The fourth-order valence-electron chi connectivity index (χ4n) is 5.03. The van der Waals surface area contributed by atoms with Crippen LogP contribution in [0.25, 0.3) is 11.4 Å². The Morgan fingerprint density at radius 2 is 1.72 bits per heavy atom. The van der Waals surface area contributed by atoms with E-state index in [2.05, 4.69) is 31.2 Å². The number of hydrogen-bond donors (Lipinski definition) is 4. The summed E-state index contributed by atoms with van der Waals surface area (Å²) in [6.45, 7) is 5.49. The van der Waals surface area contributed by atoms with Gasteiger partial charge in [-0.25, -0.2) is 4.68 Å². The summed E-state index contributed by atoms with van der Waals surface area (Å²) < 4.78 is 1.62. The molecule has 13 nitrogen and oxygen atoms in total. The molecular formula is C30H39N9O4. The van der Waals surface area contributed by atoms with Crippen molar-refractivity contribution in [1.29, 1.82) is 0 Å². The number of nitrogens with zero attached hydrogens (tertiary/aromatic N) is 5. The van der Waals surface area contributed by atoms with E-state index < -0.39 is 47.9 Å². The van der Waals surface area contributed by atoms with Gasteiger partial charge in [-0.05, 0) is 37.6 Å². The average molecular weight is 590 g/mol. The fraction of sp³-hybridized carbons (Fsp3) is 0.433. The smallest absolute Gasteiger partial charge is 0.246 e. The molecule has 13 heteroatoms. The summed E-state index contributed by atoms with van der Waals surface area (Å²) in [6, 6.07) is 10.9. The molecule has 0 unspecified atom stereocenters. The topological polar surface area (TPSA) is 177 Å². The van der Waals surface area contributed by atoms with Crippen molar-refractivity contribution in [3.05, 3.63) is 66.5 Å². The zero-order chi connectivity index (χ0) is 31.1. The van der Waals surface area contributed by atoms with Crippen LogP contribution in [0.2, 0.25) is 0 Å². The van der Waals surface area contributed by atoms with Crippen LogP contribution in [-0.2, 0) is 25.6 Å². The number of rotatable bonds is 12. The molecule has 1 aliphatic rings. The van der Waals surface area contributed by atoms with E-state index in [0.29, 0.717) is 11.4 Å². The van der Waals surface area contributed by atoms with E-state index >= 15 is 0 Å². The number of aromatic nitrogens is 4. The van der Waals surface area contributed by atoms with Crippen molar-refractivity contribution in [3.63, 3.8) is 0 Å². The standard InChI is InChI=1S/C30H39N9O4/c1-18(2)26(35-28(41)19(3)32-4)30(43)38-16-21(39-17-24(36-37-39)22-12-8-9-13-33-22)15-25(38)29(42)34-23(27(31)40)14-20-10-6-5-7-11-20/h5-13,17-19,21,23,25-26,32H,14-16H2,1-4H3,(H2,31,40)(H,34,42)(H,35,41)/t19-,21-,23-,25-,26-/m0/s1. The van der Waals surface area contributed by atoms with E-state index in [-0.39, 0.29) is 31.2 Å². The van der Waals surface area contributed by atoms with Crippen molar-refractivity contribution in [2.24, 2.45) is 11.7 Å². The van der Waals surface area contributed by atoms with Gasteiger partial charge in [-0.1, -0.05) is 55.5 Å². The first-order chi connectivity index (χ1) is 20.6. The van der Waals surface area contributed by atoms with Crippen LogP contribution in [0.15, 0.2) is 60.9 Å². The molecular weight excluding hydrogens is 550 g/mol. The van der Waals surface area contributed by atoms with Gasteiger partial charge in [0, 0.05) is 25.6 Å². The van der Waals surface area contributed by atoms with E-state index in [1.54, 1.807) is 37.1 Å². The summed E-state index contributed by atoms with van der Waals surface area (Å²) in [5.41, 5.74) is 7.69. The Morgan fingerprint density at radius 1 is 1.00 bits per heavy atom. The minimum atomic E-state index is -0.981. The monoisotopic (exact) mass is 589 g/mol. The maximum Gasteiger partial charge on any atom is 0.246 e. The lowest BCUT2D eigenvalue weighted by molar-refractivity contribution is -0.143. The van der Waals surface area contributed by atoms with Crippen LogP contribution in [0.1, 0.15) is 38.8 Å². The summed E-state index contributed by atoms with van der Waals surface area (Å²) in [5.74, 6) is -2.20. The predicted octanol–water partition coefficient (Wildman–Crippen LogP) is 0.444. The summed E-state index contributed by atoms with van der Waals surface area (Å²) in [4.78, 5) is 58.7. The Hall–Kier alpha value is -4.65. The number of likely N-dealkylation sites (N-methyl/N-ethyl adjacent to an activating group) is 1. The van der Waals surface area contributed by atoms with Gasteiger partial charge < -0.3 is 26.6 Å². The van der Waals surface area contributed by atoms with E-state index in [9.17, 15) is 19.2 Å². The molecule has 0 spiro atoms. The summed E-state index contributed by atoms with van der Waals surface area (Å²) in [7, 11) is 1.66. The van der Waals surface area contributed by atoms with Gasteiger partial charge in [-0.2, -0.15) is 0 Å². The molecule has 228 valence electrons. The highest BCUT2D eigenvalue weighted by Crippen LogP contribution is 2.30. The minimum absolute atomic E-state index is 0.141. The predicted molar refractivity (Wildman–Crippen MR) is 159 cm³/mol. The first kappa shape index (κ1) is 31.3. The van der Waals surface area contributed by atoms with Gasteiger partial charge in [-0.15, -0.1) is 5.10 Å². The van der Waals surface area contributed by atoms with Gasteiger partial charge in [-0.3, -0.25) is 24.2 Å². The van der Waals surface area contributed by atoms with Gasteiger partial charge in [0.25, 0.3) is 0 Å². The molecule has 43 heavy (non-hydrogen) atoms. The number of pyridine rings is 1. The molecule has 1 aliphatic heterocycles. The molecule has 4 amide bonds. The van der Waals surface area contributed by atoms with E-state index in [1.165, 1.54) is 4.90 Å². The Kier molecular flexibility index (Phi) is 10.2. The second-order valence-electron chi connectivity index (χ2n) is 11.1. The van der Waals surface area contributed by atoms with Crippen molar-refractivity contribution in [2.45, 2.75) is 63.8 Å². The lowest BCUT2D eigenvalue weighted by Crippen LogP contribution is -2.58.